The molecule has 1 aliphatic rings. The van der Waals surface area contributed by atoms with Gasteiger partial charge < -0.3 is 4.90 Å². The monoisotopic (exact) mass is 186 g/mol. The van der Waals surface area contributed by atoms with Gasteiger partial charge in [-0.15, -0.1) is 0 Å². The van der Waals surface area contributed by atoms with Crippen LogP contribution in [0.5, 0.6) is 0 Å². The maximum atomic E-state index is 9.15. The molecule has 1 aromatic carbocycles. The Bertz CT molecular complexity index is 384. The summed E-state index contributed by atoms with van der Waals surface area (Å²) in [6, 6.07) is 10.6. The fraction of sp³-hybridized carbons (Fsp3) is 0.417. The van der Waals surface area contributed by atoms with E-state index in [-0.39, 0.29) is 5.41 Å². The van der Waals surface area contributed by atoms with Gasteiger partial charge in [-0.1, -0.05) is 18.2 Å². The van der Waals surface area contributed by atoms with Crippen molar-refractivity contribution in [3.8, 4) is 6.07 Å². The first kappa shape index (κ1) is 9.08. The molecular formula is C12H14N2. The molecule has 1 aromatic rings. The van der Waals surface area contributed by atoms with Gasteiger partial charge in [0.25, 0.3) is 0 Å². The highest BCUT2D eigenvalue weighted by molar-refractivity contribution is 5.60. The second-order valence-electron chi connectivity index (χ2n) is 4.11. The Hall–Kier alpha value is -1.49. The highest BCUT2D eigenvalue weighted by atomic mass is 15.1. The molecule has 2 heteroatoms. The largest absolute Gasteiger partial charge is 0.377 e. The van der Waals surface area contributed by atoms with E-state index in [1.807, 2.05) is 26.2 Å². The number of para-hydroxylation sites is 1. The van der Waals surface area contributed by atoms with Crippen molar-refractivity contribution >= 4 is 5.69 Å². The quantitative estimate of drug-likeness (QED) is 0.708. The fourth-order valence-corrected chi connectivity index (χ4v) is 1.83. The molecule has 0 N–H and O–H groups in total. The van der Waals surface area contributed by atoms with Gasteiger partial charge >= 0.3 is 0 Å². The first-order valence-corrected chi connectivity index (χ1v) is 4.88. The Balaban J connectivity index is 2.48. The lowest BCUT2D eigenvalue weighted by Crippen LogP contribution is -2.15. The summed E-state index contributed by atoms with van der Waals surface area (Å²) >= 11 is 0. The lowest BCUT2D eigenvalue weighted by molar-refractivity contribution is 0.896. The van der Waals surface area contributed by atoms with Crippen LogP contribution in [0.15, 0.2) is 24.3 Å². The maximum absolute atomic E-state index is 9.15. The first-order valence-electron chi connectivity index (χ1n) is 4.88. The molecule has 0 spiro atoms. The molecule has 2 rings (SSSR count). The average Bonchev–Trinajstić information content (AvgIpc) is 2.98. The Kier molecular flexibility index (Phi) is 1.96. The van der Waals surface area contributed by atoms with Crippen LogP contribution in [0, 0.1) is 11.3 Å². The Labute approximate surface area is 84.8 Å². The minimum Gasteiger partial charge on any atom is -0.377 e. The van der Waals surface area contributed by atoms with Crippen molar-refractivity contribution < 1.29 is 0 Å². The third-order valence-electron chi connectivity index (χ3n) is 2.87. The van der Waals surface area contributed by atoms with Crippen molar-refractivity contribution in [2.24, 2.45) is 0 Å². The van der Waals surface area contributed by atoms with Gasteiger partial charge in [0.1, 0.15) is 0 Å². The summed E-state index contributed by atoms with van der Waals surface area (Å²) in [6.07, 6.45) is 2.02. The summed E-state index contributed by atoms with van der Waals surface area (Å²) in [4.78, 5) is 2.08. The van der Waals surface area contributed by atoms with E-state index < -0.39 is 0 Å². The minimum atomic E-state index is -0.180. The molecule has 0 atom stereocenters. The van der Waals surface area contributed by atoms with Crippen LogP contribution in [0.25, 0.3) is 0 Å². The smallest absolute Gasteiger partial charge is 0.0843 e. The molecule has 0 unspecified atom stereocenters. The summed E-state index contributed by atoms with van der Waals surface area (Å²) in [6.45, 7) is 0. The van der Waals surface area contributed by atoms with Gasteiger partial charge in [0, 0.05) is 19.8 Å². The Morgan fingerprint density at radius 3 is 2.43 bits per heavy atom. The topological polar surface area (TPSA) is 27.0 Å². The van der Waals surface area contributed by atoms with E-state index in [9.17, 15) is 0 Å². The number of nitriles is 1. The third-order valence-corrected chi connectivity index (χ3v) is 2.87. The van der Waals surface area contributed by atoms with Crippen LogP contribution in [0.3, 0.4) is 0 Å². The minimum absolute atomic E-state index is 0.180. The van der Waals surface area contributed by atoms with Crippen molar-refractivity contribution in [1.29, 1.82) is 5.26 Å². The van der Waals surface area contributed by atoms with Crippen LogP contribution in [-0.4, -0.2) is 14.1 Å². The number of benzene rings is 1. The van der Waals surface area contributed by atoms with Crippen molar-refractivity contribution in [3.63, 3.8) is 0 Å². The molecule has 1 aliphatic carbocycles. The van der Waals surface area contributed by atoms with Crippen LogP contribution in [0.4, 0.5) is 5.69 Å². The summed E-state index contributed by atoms with van der Waals surface area (Å²) in [5.41, 5.74) is 2.18. The molecule has 1 saturated carbocycles. The van der Waals surface area contributed by atoms with Crippen molar-refractivity contribution in [3.05, 3.63) is 29.8 Å². The van der Waals surface area contributed by atoms with E-state index >= 15 is 0 Å². The summed E-state index contributed by atoms with van der Waals surface area (Å²) in [5.74, 6) is 0. The molecule has 0 saturated heterocycles. The number of hydrogen-bond acceptors (Lipinski definition) is 2. The lowest BCUT2D eigenvalue weighted by atomic mass is 9.95. The zero-order valence-electron chi connectivity index (χ0n) is 8.62. The average molecular weight is 186 g/mol. The Morgan fingerprint density at radius 1 is 1.29 bits per heavy atom. The molecule has 2 nitrogen and oxygen atoms in total. The van der Waals surface area contributed by atoms with Crippen molar-refractivity contribution in [2.45, 2.75) is 18.3 Å². The molecule has 0 aromatic heterocycles. The second kappa shape index (κ2) is 3.02. The van der Waals surface area contributed by atoms with E-state index in [0.717, 1.165) is 12.8 Å². The molecule has 72 valence electrons. The van der Waals surface area contributed by atoms with Gasteiger partial charge in [-0.05, 0) is 24.5 Å². The van der Waals surface area contributed by atoms with E-state index in [1.54, 1.807) is 0 Å². The van der Waals surface area contributed by atoms with Gasteiger partial charge in [0.05, 0.1) is 11.5 Å². The molecule has 0 radical (unpaired) electrons. The first-order chi connectivity index (χ1) is 6.69. The molecule has 0 amide bonds. The summed E-state index contributed by atoms with van der Waals surface area (Å²) in [5, 5.41) is 9.15. The lowest BCUT2D eigenvalue weighted by Gasteiger charge is -2.19. The third kappa shape index (κ3) is 1.26. The van der Waals surface area contributed by atoms with Crippen LogP contribution in [0.1, 0.15) is 18.4 Å². The summed E-state index contributed by atoms with van der Waals surface area (Å²) in [7, 11) is 4.04. The van der Waals surface area contributed by atoms with Gasteiger partial charge in [0.15, 0.2) is 0 Å². The molecule has 0 bridgehead atoms. The highest BCUT2D eigenvalue weighted by Gasteiger charge is 2.46. The summed E-state index contributed by atoms with van der Waals surface area (Å²) < 4.78 is 0. The zero-order chi connectivity index (χ0) is 10.2. The van der Waals surface area contributed by atoms with Crippen LogP contribution in [-0.2, 0) is 5.41 Å². The van der Waals surface area contributed by atoms with E-state index in [1.165, 1.54) is 11.3 Å². The van der Waals surface area contributed by atoms with E-state index in [2.05, 4.69) is 23.1 Å². The van der Waals surface area contributed by atoms with Gasteiger partial charge in [0.2, 0.25) is 0 Å². The predicted molar refractivity (Wildman–Crippen MR) is 57.3 cm³/mol. The van der Waals surface area contributed by atoms with Gasteiger partial charge in [-0.2, -0.15) is 5.26 Å². The number of anilines is 1. The second-order valence-corrected chi connectivity index (χ2v) is 4.11. The number of hydrogen-bond donors (Lipinski definition) is 0. The standard InChI is InChI=1S/C12H14N2/c1-14(2)11-6-4-3-5-10(11)12(9-13)7-8-12/h3-6H,7-8H2,1-2H3. The predicted octanol–water partition coefficient (Wildman–Crippen LogP) is 2.31. The van der Waals surface area contributed by atoms with E-state index in [0.29, 0.717) is 0 Å². The zero-order valence-corrected chi connectivity index (χ0v) is 8.62. The Morgan fingerprint density at radius 2 is 1.93 bits per heavy atom. The molecular weight excluding hydrogens is 172 g/mol. The van der Waals surface area contributed by atoms with Crippen LogP contribution >= 0.6 is 0 Å². The maximum Gasteiger partial charge on any atom is 0.0843 e. The molecule has 0 heterocycles. The highest BCUT2D eigenvalue weighted by Crippen LogP contribution is 2.50. The van der Waals surface area contributed by atoms with Crippen LogP contribution in [0.2, 0.25) is 0 Å². The molecule has 14 heavy (non-hydrogen) atoms. The van der Waals surface area contributed by atoms with Gasteiger partial charge in [-0.3, -0.25) is 0 Å². The van der Waals surface area contributed by atoms with Crippen molar-refractivity contribution in [2.75, 3.05) is 19.0 Å². The fourth-order valence-electron chi connectivity index (χ4n) is 1.83. The number of rotatable bonds is 2. The van der Waals surface area contributed by atoms with Crippen LogP contribution < -0.4 is 4.90 Å². The SMILES string of the molecule is CN(C)c1ccccc1C1(C#N)CC1. The molecule has 0 aliphatic heterocycles. The molecule has 1 fully saturated rings. The van der Waals surface area contributed by atoms with E-state index in [4.69, 9.17) is 5.26 Å². The van der Waals surface area contributed by atoms with Gasteiger partial charge in [-0.25, -0.2) is 0 Å². The normalized spacial score (nSPS) is 17.2. The number of nitrogens with zero attached hydrogens (tertiary/aromatic N) is 2. The van der Waals surface area contributed by atoms with Crippen molar-refractivity contribution in [1.82, 2.24) is 0 Å².